The highest BCUT2D eigenvalue weighted by Crippen LogP contribution is 2.41. The molecule has 2 nitrogen and oxygen atoms in total. The number of benzene rings is 8. The molecule has 0 bridgehead atoms. The van der Waals surface area contributed by atoms with Gasteiger partial charge in [0.2, 0.25) is 0 Å². The predicted molar refractivity (Wildman–Crippen MR) is 245 cm³/mol. The van der Waals surface area contributed by atoms with E-state index in [1.165, 1.54) is 12.0 Å². The molecule has 2 aromatic heterocycles. The van der Waals surface area contributed by atoms with Gasteiger partial charge >= 0.3 is 0 Å². The van der Waals surface area contributed by atoms with Crippen molar-refractivity contribution in [1.82, 2.24) is 9.13 Å². The van der Waals surface area contributed by atoms with Crippen molar-refractivity contribution in [3.05, 3.63) is 205 Å². The standard InChI is InChI=1S/C54H44N2Si/c1-5-18-39(19-6-1)40-32-37-47-46-26-13-15-28-49(46)56(53(47)38-40)52-31-17-30-51-54(52)48-27-14-16-29-50(48)55(51)41-33-35-45(36-34-41)57(42-20-7-2-8-21-42,43-22-9-3-10-23-43)44-24-11-4-12-25-44/h2-4,7-17,20-39H,1,5-6,18-19H2/i2D,3D,4D,7D,8D,9D,10D,11D,12D,20D,21D,22D,23D,24D,25D,33D,34D,35D,36D. The minimum atomic E-state index is -6.03. The number of nitrogens with zero attached hydrogens (tertiary/aromatic N) is 2. The Kier molecular flexibility index (Phi) is 4.80. The normalized spacial score (nSPS) is 18.6. The summed E-state index contributed by atoms with van der Waals surface area (Å²) in [6.45, 7) is 0. The zero-order valence-electron chi connectivity index (χ0n) is 49.6. The first-order valence-corrected chi connectivity index (χ1v) is 21.1. The summed E-state index contributed by atoms with van der Waals surface area (Å²) in [6, 6.07) is 8.64. The third-order valence-corrected chi connectivity index (χ3v) is 15.5. The van der Waals surface area contributed by atoms with Crippen LogP contribution in [0.1, 0.15) is 69.6 Å². The van der Waals surface area contributed by atoms with E-state index >= 15 is 0 Å². The van der Waals surface area contributed by atoms with Gasteiger partial charge in [0.05, 0.1) is 53.8 Å². The van der Waals surface area contributed by atoms with Crippen LogP contribution in [0.4, 0.5) is 0 Å². The molecule has 1 aliphatic carbocycles. The fourth-order valence-corrected chi connectivity index (χ4v) is 12.5. The number of para-hydroxylation sites is 2. The minimum Gasteiger partial charge on any atom is -0.309 e. The van der Waals surface area contributed by atoms with Crippen LogP contribution in [0, 0.1) is 0 Å². The Bertz CT molecular complexity index is 3890. The molecular weight excluding hydrogens is 705 g/mol. The first-order chi connectivity index (χ1) is 36.2. The molecule has 0 amide bonds. The lowest BCUT2D eigenvalue weighted by molar-refractivity contribution is 0.444. The van der Waals surface area contributed by atoms with Gasteiger partial charge in [-0.25, -0.2) is 0 Å². The highest BCUT2D eigenvalue weighted by atomic mass is 28.3. The Morgan fingerprint density at radius 1 is 0.439 bits per heavy atom. The summed E-state index contributed by atoms with van der Waals surface area (Å²) in [4.78, 5) is 0. The van der Waals surface area contributed by atoms with Crippen molar-refractivity contribution >= 4 is 72.4 Å². The molecule has 1 saturated carbocycles. The average Bonchev–Trinajstić information content (AvgIpc) is 4.07. The van der Waals surface area contributed by atoms with Crippen molar-refractivity contribution < 1.29 is 26.0 Å². The maximum Gasteiger partial charge on any atom is 0.179 e. The van der Waals surface area contributed by atoms with Gasteiger partial charge in [-0.05, 0) is 87.5 Å². The predicted octanol–water partition coefficient (Wildman–Crippen LogP) is 11.3. The van der Waals surface area contributed by atoms with Crippen LogP contribution in [0.3, 0.4) is 0 Å². The van der Waals surface area contributed by atoms with E-state index in [-0.39, 0.29) is 5.69 Å². The Morgan fingerprint density at radius 2 is 0.965 bits per heavy atom. The Labute approximate surface area is 362 Å². The lowest BCUT2D eigenvalue weighted by Gasteiger charge is -2.34. The van der Waals surface area contributed by atoms with Crippen molar-refractivity contribution in [3.8, 4) is 11.4 Å². The molecule has 2 heterocycles. The summed E-state index contributed by atoms with van der Waals surface area (Å²) >= 11 is 0. The van der Waals surface area contributed by atoms with Gasteiger partial charge in [0.15, 0.2) is 8.07 Å². The number of aromatic nitrogens is 2. The summed E-state index contributed by atoms with van der Waals surface area (Å²) in [5.41, 5.74) is 4.46. The van der Waals surface area contributed by atoms with Gasteiger partial charge in [-0.1, -0.05) is 177 Å². The van der Waals surface area contributed by atoms with Crippen LogP contribution < -0.4 is 20.7 Å². The number of hydrogen-bond acceptors (Lipinski definition) is 0. The minimum absolute atomic E-state index is 0.324. The van der Waals surface area contributed by atoms with Gasteiger partial charge in [0, 0.05) is 27.2 Å². The molecule has 274 valence electrons. The van der Waals surface area contributed by atoms with E-state index in [1.807, 2.05) is 42.5 Å². The molecular formula is C54H44N2Si. The SMILES string of the molecule is [2H]c1c([2H])c([2H])c([Si](c2c([2H])c([2H])c([2H])c([2H])c2[2H])(c2c([2H])c([2H])c([2H])c([2H])c2[2H])c2c([2H])c([2H])c(-n3c4ccccc4c4c(-n5c6ccccc6c6ccc(C7CCCCC7)cc65)cccc43)c([2H])c2[2H])c([2H])c1[2H]. The quantitative estimate of drug-likeness (QED) is 0.113. The van der Waals surface area contributed by atoms with E-state index in [2.05, 4.69) is 28.8 Å². The fourth-order valence-electron chi connectivity index (χ4n) is 9.03. The van der Waals surface area contributed by atoms with Gasteiger partial charge in [0.1, 0.15) is 0 Å². The third kappa shape index (κ3) is 5.37. The zero-order chi connectivity index (χ0) is 54.3. The van der Waals surface area contributed by atoms with Gasteiger partial charge in [-0.15, -0.1) is 0 Å². The zero-order valence-corrected chi connectivity index (χ0v) is 31.6. The van der Waals surface area contributed by atoms with Crippen LogP contribution in [0.5, 0.6) is 0 Å². The molecule has 0 N–H and O–H groups in total. The Balaban J connectivity index is 1.31. The van der Waals surface area contributed by atoms with Crippen molar-refractivity contribution in [3.63, 3.8) is 0 Å². The van der Waals surface area contributed by atoms with Crippen LogP contribution in [-0.4, -0.2) is 17.2 Å². The van der Waals surface area contributed by atoms with E-state index in [0.29, 0.717) is 27.7 Å². The Hall–Kier alpha value is -6.42. The monoisotopic (exact) mass is 767 g/mol. The smallest absolute Gasteiger partial charge is 0.179 e. The van der Waals surface area contributed by atoms with Crippen LogP contribution >= 0.6 is 0 Å². The lowest BCUT2D eigenvalue weighted by Crippen LogP contribution is -2.74. The van der Waals surface area contributed by atoms with Gasteiger partial charge in [-0.3, -0.25) is 0 Å². The third-order valence-electron chi connectivity index (χ3n) is 11.5. The van der Waals surface area contributed by atoms with E-state index in [0.717, 1.165) is 53.2 Å². The van der Waals surface area contributed by atoms with E-state index in [9.17, 15) is 13.7 Å². The summed E-state index contributed by atoms with van der Waals surface area (Å²) in [7, 11) is -6.03. The average molecular weight is 768 g/mol. The topological polar surface area (TPSA) is 9.86 Å². The van der Waals surface area contributed by atoms with Gasteiger partial charge in [-0.2, -0.15) is 0 Å². The molecule has 1 fully saturated rings. The summed E-state index contributed by atoms with van der Waals surface area (Å²) in [5, 5.41) is -0.197. The lowest BCUT2D eigenvalue weighted by atomic mass is 9.84. The van der Waals surface area contributed by atoms with Crippen molar-refractivity contribution in [2.45, 2.75) is 38.0 Å². The molecule has 0 aliphatic heterocycles. The second-order valence-corrected chi connectivity index (χ2v) is 18.0. The molecule has 0 atom stereocenters. The van der Waals surface area contributed by atoms with Gasteiger partial charge in [0.25, 0.3) is 0 Å². The van der Waals surface area contributed by atoms with Crippen molar-refractivity contribution in [2.75, 3.05) is 0 Å². The largest absolute Gasteiger partial charge is 0.309 e. The van der Waals surface area contributed by atoms with Crippen molar-refractivity contribution in [2.24, 2.45) is 0 Å². The highest BCUT2D eigenvalue weighted by Gasteiger charge is 2.41. The maximum absolute atomic E-state index is 10.2. The van der Waals surface area contributed by atoms with Crippen molar-refractivity contribution in [1.29, 1.82) is 0 Å². The molecule has 3 heteroatoms. The number of fused-ring (bicyclic) bond motifs is 6. The molecule has 10 aromatic rings. The molecule has 0 radical (unpaired) electrons. The molecule has 57 heavy (non-hydrogen) atoms. The first-order valence-electron chi connectivity index (χ1n) is 28.6. The van der Waals surface area contributed by atoms with Crippen LogP contribution in [0.15, 0.2) is 200 Å². The molecule has 11 rings (SSSR count). The molecule has 0 saturated heterocycles. The molecule has 1 aliphatic rings. The van der Waals surface area contributed by atoms with Crippen LogP contribution in [0.2, 0.25) is 0 Å². The number of rotatable bonds is 7. The van der Waals surface area contributed by atoms with E-state index < -0.39 is 144 Å². The summed E-state index contributed by atoms with van der Waals surface area (Å²) in [5.74, 6) is 0.401. The van der Waals surface area contributed by atoms with Gasteiger partial charge < -0.3 is 9.13 Å². The molecule has 0 unspecified atom stereocenters. The molecule has 0 spiro atoms. The maximum atomic E-state index is 10.2. The fraction of sp³-hybridized carbons (Fsp3) is 0.111. The number of hydrogen-bond donors (Lipinski definition) is 0. The van der Waals surface area contributed by atoms with E-state index in [1.54, 1.807) is 22.8 Å². The second-order valence-electron chi connectivity index (χ2n) is 14.5. The highest BCUT2D eigenvalue weighted by molar-refractivity contribution is 7.19. The van der Waals surface area contributed by atoms with Crippen LogP contribution in [0.25, 0.3) is 55.0 Å². The Morgan fingerprint density at radius 3 is 1.60 bits per heavy atom. The second kappa shape index (κ2) is 13.9. The summed E-state index contributed by atoms with van der Waals surface area (Å²) in [6.07, 6.45) is 5.69. The first kappa shape index (κ1) is 19.6. The molecule has 8 aromatic carbocycles. The summed E-state index contributed by atoms with van der Waals surface area (Å²) < 4.78 is 180. The van der Waals surface area contributed by atoms with E-state index in [4.69, 9.17) is 12.3 Å². The van der Waals surface area contributed by atoms with Crippen LogP contribution in [-0.2, 0) is 0 Å².